The molecule has 3 heteroatoms. The molecule has 0 spiro atoms. The summed E-state index contributed by atoms with van der Waals surface area (Å²) in [6, 6.07) is 18.4. The lowest BCUT2D eigenvalue weighted by molar-refractivity contribution is 0.305. The van der Waals surface area contributed by atoms with Crippen LogP contribution in [0.3, 0.4) is 0 Å². The first-order valence-electron chi connectivity index (χ1n) is 6.22. The van der Waals surface area contributed by atoms with Crippen LogP contribution in [-0.2, 0) is 6.61 Å². The number of hydrogen-bond donors (Lipinski definition) is 0. The second kappa shape index (κ2) is 5.49. The van der Waals surface area contributed by atoms with Gasteiger partial charge in [-0.15, -0.1) is 0 Å². The molecule has 0 atom stereocenters. The van der Waals surface area contributed by atoms with Gasteiger partial charge in [0.2, 0.25) is 0 Å². The second-order valence-corrected chi connectivity index (χ2v) is 5.39. The zero-order valence-electron chi connectivity index (χ0n) is 10.4. The SMILES string of the molecule is BrN1C=C(c2ccccc2OCc2ccccc2)C1. The molecule has 2 aromatic rings. The quantitative estimate of drug-likeness (QED) is 0.783. The minimum absolute atomic E-state index is 0.600. The molecule has 1 aliphatic heterocycles. The maximum atomic E-state index is 5.94. The molecule has 3 rings (SSSR count). The van der Waals surface area contributed by atoms with Crippen LogP contribution in [0.15, 0.2) is 60.8 Å². The van der Waals surface area contributed by atoms with E-state index in [1.807, 2.05) is 40.3 Å². The van der Waals surface area contributed by atoms with E-state index in [0.717, 1.165) is 12.3 Å². The van der Waals surface area contributed by atoms with Crippen molar-refractivity contribution in [2.24, 2.45) is 0 Å². The fraction of sp³-hybridized carbons (Fsp3) is 0.125. The van der Waals surface area contributed by atoms with Gasteiger partial charge >= 0.3 is 0 Å². The Hall–Kier alpha value is -1.74. The summed E-state index contributed by atoms with van der Waals surface area (Å²) in [5.41, 5.74) is 3.65. The van der Waals surface area contributed by atoms with Crippen molar-refractivity contribution in [2.75, 3.05) is 6.54 Å². The van der Waals surface area contributed by atoms with Gasteiger partial charge in [0, 0.05) is 33.5 Å². The summed E-state index contributed by atoms with van der Waals surface area (Å²) in [4.78, 5) is 0. The summed E-state index contributed by atoms with van der Waals surface area (Å²) in [6.45, 7) is 1.51. The third-order valence-electron chi connectivity index (χ3n) is 3.09. The van der Waals surface area contributed by atoms with Crippen LogP contribution in [0.25, 0.3) is 5.57 Å². The zero-order chi connectivity index (χ0) is 13.1. The van der Waals surface area contributed by atoms with Gasteiger partial charge in [-0.2, -0.15) is 0 Å². The van der Waals surface area contributed by atoms with Gasteiger partial charge in [-0.1, -0.05) is 48.5 Å². The summed E-state index contributed by atoms with van der Waals surface area (Å²) < 4.78 is 7.92. The number of para-hydroxylation sites is 1. The molecule has 0 aromatic heterocycles. The first-order chi connectivity index (χ1) is 9.33. The fourth-order valence-corrected chi connectivity index (χ4v) is 2.57. The third kappa shape index (κ3) is 2.82. The lowest BCUT2D eigenvalue weighted by atomic mass is 10.0. The Morgan fingerprint density at radius 3 is 2.42 bits per heavy atom. The van der Waals surface area contributed by atoms with Gasteiger partial charge in [0.15, 0.2) is 0 Å². The predicted octanol–water partition coefficient (Wildman–Crippen LogP) is 4.23. The Morgan fingerprint density at radius 2 is 1.68 bits per heavy atom. The molecule has 2 aromatic carbocycles. The number of benzene rings is 2. The van der Waals surface area contributed by atoms with Crippen LogP contribution < -0.4 is 4.74 Å². The highest BCUT2D eigenvalue weighted by Crippen LogP contribution is 2.33. The van der Waals surface area contributed by atoms with E-state index in [9.17, 15) is 0 Å². The van der Waals surface area contributed by atoms with Gasteiger partial charge in [-0.25, -0.2) is 0 Å². The molecule has 0 unspecified atom stereocenters. The molecule has 0 saturated heterocycles. The normalized spacial score (nSPS) is 13.7. The molecule has 1 aliphatic rings. The molecule has 2 nitrogen and oxygen atoms in total. The van der Waals surface area contributed by atoms with Crippen LogP contribution in [-0.4, -0.2) is 10.5 Å². The first kappa shape index (κ1) is 12.3. The van der Waals surface area contributed by atoms with Crippen molar-refractivity contribution >= 4 is 21.7 Å². The van der Waals surface area contributed by atoms with Crippen molar-refractivity contribution in [3.05, 3.63) is 71.9 Å². The molecular formula is C16H14BrNO. The number of hydrogen-bond acceptors (Lipinski definition) is 2. The summed E-state index contributed by atoms with van der Waals surface area (Å²) in [5, 5.41) is 0. The summed E-state index contributed by atoms with van der Waals surface area (Å²) in [6.07, 6.45) is 2.07. The molecular weight excluding hydrogens is 302 g/mol. The average molecular weight is 316 g/mol. The number of rotatable bonds is 4. The number of halogens is 1. The minimum atomic E-state index is 0.600. The molecule has 0 bridgehead atoms. The van der Waals surface area contributed by atoms with Crippen LogP contribution in [0.2, 0.25) is 0 Å². The monoisotopic (exact) mass is 315 g/mol. The molecule has 0 aliphatic carbocycles. The minimum Gasteiger partial charge on any atom is -0.488 e. The van der Waals surface area contributed by atoms with Crippen molar-refractivity contribution < 1.29 is 4.74 Å². The van der Waals surface area contributed by atoms with E-state index in [0.29, 0.717) is 6.61 Å². The Labute approximate surface area is 121 Å². The Morgan fingerprint density at radius 1 is 1.00 bits per heavy atom. The number of ether oxygens (including phenoxy) is 1. The van der Waals surface area contributed by atoms with Crippen LogP contribution >= 0.6 is 16.1 Å². The van der Waals surface area contributed by atoms with E-state index in [-0.39, 0.29) is 0 Å². The van der Waals surface area contributed by atoms with E-state index >= 15 is 0 Å². The van der Waals surface area contributed by atoms with E-state index in [1.165, 1.54) is 16.7 Å². The fourth-order valence-electron chi connectivity index (χ4n) is 2.05. The van der Waals surface area contributed by atoms with Crippen molar-refractivity contribution in [1.82, 2.24) is 3.93 Å². The second-order valence-electron chi connectivity index (χ2n) is 4.48. The van der Waals surface area contributed by atoms with Crippen molar-refractivity contribution in [2.45, 2.75) is 6.61 Å². The maximum Gasteiger partial charge on any atom is 0.127 e. The van der Waals surface area contributed by atoms with E-state index < -0.39 is 0 Å². The van der Waals surface area contributed by atoms with Crippen molar-refractivity contribution in [3.63, 3.8) is 0 Å². The lowest BCUT2D eigenvalue weighted by Crippen LogP contribution is -2.18. The molecule has 19 heavy (non-hydrogen) atoms. The standard InChI is InChI=1S/C16H14BrNO/c17-18-10-14(11-18)15-8-4-5-9-16(15)19-12-13-6-2-1-3-7-13/h1-10H,11-12H2. The van der Waals surface area contributed by atoms with Crippen LogP contribution in [0.1, 0.15) is 11.1 Å². The summed E-state index contributed by atoms with van der Waals surface area (Å²) >= 11 is 3.41. The maximum absolute atomic E-state index is 5.94. The summed E-state index contributed by atoms with van der Waals surface area (Å²) in [7, 11) is 0. The van der Waals surface area contributed by atoms with Gasteiger partial charge in [0.05, 0.1) is 6.54 Å². The molecule has 0 N–H and O–H groups in total. The first-order valence-corrected chi connectivity index (χ1v) is 6.93. The van der Waals surface area contributed by atoms with Gasteiger partial charge < -0.3 is 8.66 Å². The highest BCUT2D eigenvalue weighted by atomic mass is 79.9. The molecule has 0 amide bonds. The van der Waals surface area contributed by atoms with E-state index in [1.54, 1.807) is 0 Å². The largest absolute Gasteiger partial charge is 0.488 e. The Kier molecular flexibility index (Phi) is 3.56. The Bertz CT molecular complexity index is 595. The Balaban J connectivity index is 1.76. The molecule has 96 valence electrons. The van der Waals surface area contributed by atoms with Gasteiger partial charge in [-0.3, -0.25) is 0 Å². The third-order valence-corrected chi connectivity index (χ3v) is 3.54. The lowest BCUT2D eigenvalue weighted by Gasteiger charge is -2.26. The zero-order valence-corrected chi connectivity index (χ0v) is 12.0. The van der Waals surface area contributed by atoms with Crippen LogP contribution in [0, 0.1) is 0 Å². The van der Waals surface area contributed by atoms with Gasteiger partial charge in [0.1, 0.15) is 12.4 Å². The van der Waals surface area contributed by atoms with Gasteiger partial charge in [0.25, 0.3) is 0 Å². The molecule has 0 radical (unpaired) electrons. The molecule has 1 heterocycles. The van der Waals surface area contributed by atoms with Crippen LogP contribution in [0.4, 0.5) is 0 Å². The molecule has 0 saturated carbocycles. The molecule has 0 fully saturated rings. The highest BCUT2D eigenvalue weighted by Gasteiger charge is 2.17. The van der Waals surface area contributed by atoms with Crippen molar-refractivity contribution in [3.8, 4) is 5.75 Å². The van der Waals surface area contributed by atoms with E-state index in [2.05, 4.69) is 40.5 Å². The van der Waals surface area contributed by atoms with Gasteiger partial charge in [-0.05, 0) is 11.6 Å². The van der Waals surface area contributed by atoms with Crippen LogP contribution in [0.5, 0.6) is 5.75 Å². The topological polar surface area (TPSA) is 12.5 Å². The number of nitrogens with zero attached hydrogens (tertiary/aromatic N) is 1. The average Bonchev–Trinajstić information content (AvgIpc) is 2.43. The highest BCUT2D eigenvalue weighted by molar-refractivity contribution is 9.07. The smallest absolute Gasteiger partial charge is 0.127 e. The predicted molar refractivity (Wildman–Crippen MR) is 80.8 cm³/mol. The van der Waals surface area contributed by atoms with Crippen molar-refractivity contribution in [1.29, 1.82) is 0 Å². The summed E-state index contributed by atoms with van der Waals surface area (Å²) in [5.74, 6) is 0.943. The van der Waals surface area contributed by atoms with E-state index in [4.69, 9.17) is 4.74 Å².